The summed E-state index contributed by atoms with van der Waals surface area (Å²) >= 11 is 1.89. The quantitative estimate of drug-likeness (QED) is 0.726. The van der Waals surface area contributed by atoms with E-state index in [1.807, 2.05) is 11.8 Å². The molecule has 3 heteroatoms. The Balaban J connectivity index is 2.41. The minimum atomic E-state index is 0.104. The summed E-state index contributed by atoms with van der Waals surface area (Å²) in [6.45, 7) is 5.01. The third kappa shape index (κ3) is 2.02. The molecule has 2 N–H and O–H groups in total. The Morgan fingerprint density at radius 2 is 2.25 bits per heavy atom. The summed E-state index contributed by atoms with van der Waals surface area (Å²) in [7, 11) is 0. The van der Waals surface area contributed by atoms with Crippen molar-refractivity contribution in [2.45, 2.75) is 43.1 Å². The molecule has 2 nitrogen and oxygen atoms in total. The number of thioether (sulfide) groups is 1. The first-order chi connectivity index (χ1) is 5.62. The molecule has 1 fully saturated rings. The van der Waals surface area contributed by atoms with Crippen LogP contribution in [0.5, 0.6) is 0 Å². The van der Waals surface area contributed by atoms with Gasteiger partial charge in [-0.2, -0.15) is 0 Å². The molecule has 1 aliphatic rings. The largest absolute Gasteiger partial charge is 0.329 e. The van der Waals surface area contributed by atoms with E-state index in [2.05, 4.69) is 13.8 Å². The highest BCUT2D eigenvalue weighted by atomic mass is 32.2. The van der Waals surface area contributed by atoms with Crippen molar-refractivity contribution in [3.8, 4) is 0 Å². The number of hydrogen-bond donors (Lipinski definition) is 1. The number of carbonyl (C=O) groups excluding carboxylic acids is 1. The molecule has 0 spiro atoms. The Labute approximate surface area is 78.3 Å². The van der Waals surface area contributed by atoms with Gasteiger partial charge in [-0.1, -0.05) is 13.8 Å². The summed E-state index contributed by atoms with van der Waals surface area (Å²) < 4.78 is 0.104. The van der Waals surface area contributed by atoms with E-state index in [-0.39, 0.29) is 4.75 Å². The zero-order valence-corrected chi connectivity index (χ0v) is 8.62. The molecule has 0 aromatic heterocycles. The zero-order chi connectivity index (χ0) is 9.19. The van der Waals surface area contributed by atoms with Crippen LogP contribution < -0.4 is 5.73 Å². The van der Waals surface area contributed by atoms with Gasteiger partial charge in [0, 0.05) is 29.4 Å². The molecule has 1 saturated carbocycles. The minimum absolute atomic E-state index is 0.104. The Morgan fingerprint density at radius 3 is 2.58 bits per heavy atom. The summed E-state index contributed by atoms with van der Waals surface area (Å²) in [5, 5.41) is 0.627. The maximum atomic E-state index is 10.9. The van der Waals surface area contributed by atoms with Crippen molar-refractivity contribution in [3.05, 3.63) is 0 Å². The fraction of sp³-hybridized carbons (Fsp3) is 0.889. The van der Waals surface area contributed by atoms with E-state index in [4.69, 9.17) is 5.73 Å². The van der Waals surface area contributed by atoms with Gasteiger partial charge in [0.15, 0.2) is 0 Å². The normalized spacial score (nSPS) is 23.4. The Bertz CT molecular complexity index is 173. The lowest BCUT2D eigenvalue weighted by Crippen LogP contribution is -2.48. The summed E-state index contributed by atoms with van der Waals surface area (Å²) in [4.78, 5) is 10.9. The summed E-state index contributed by atoms with van der Waals surface area (Å²) in [6, 6.07) is 0. The van der Waals surface area contributed by atoms with Gasteiger partial charge < -0.3 is 5.73 Å². The van der Waals surface area contributed by atoms with Crippen LogP contribution in [0.1, 0.15) is 33.1 Å². The van der Waals surface area contributed by atoms with Crippen molar-refractivity contribution < 1.29 is 4.79 Å². The maximum absolute atomic E-state index is 10.9. The molecular formula is C9H17NOS. The van der Waals surface area contributed by atoms with E-state index in [0.29, 0.717) is 30.4 Å². The van der Waals surface area contributed by atoms with Gasteiger partial charge in [0.2, 0.25) is 0 Å². The fourth-order valence-corrected chi connectivity index (χ4v) is 3.06. The van der Waals surface area contributed by atoms with E-state index in [0.717, 1.165) is 6.42 Å². The lowest BCUT2D eigenvalue weighted by atomic mass is 9.83. The van der Waals surface area contributed by atoms with Crippen LogP contribution in [-0.2, 0) is 4.79 Å². The van der Waals surface area contributed by atoms with Gasteiger partial charge >= 0.3 is 0 Å². The molecular weight excluding hydrogens is 170 g/mol. The van der Waals surface area contributed by atoms with Gasteiger partial charge in [-0.05, 0) is 6.42 Å². The number of rotatable bonds is 4. The van der Waals surface area contributed by atoms with Gasteiger partial charge in [0.1, 0.15) is 5.78 Å². The average Bonchev–Trinajstić information content (AvgIpc) is 2.01. The van der Waals surface area contributed by atoms with E-state index in [1.165, 1.54) is 0 Å². The van der Waals surface area contributed by atoms with E-state index >= 15 is 0 Å². The zero-order valence-electron chi connectivity index (χ0n) is 7.80. The predicted molar refractivity (Wildman–Crippen MR) is 53.4 cm³/mol. The Morgan fingerprint density at radius 1 is 1.67 bits per heavy atom. The maximum Gasteiger partial charge on any atom is 0.135 e. The van der Waals surface area contributed by atoms with Gasteiger partial charge in [0.05, 0.1) is 0 Å². The highest BCUT2D eigenvalue weighted by Gasteiger charge is 2.43. The number of Topliss-reactive ketones (excluding diaryl/α,β-unsaturated/α-hetero) is 1. The molecule has 0 aliphatic heterocycles. The molecule has 0 heterocycles. The predicted octanol–water partition coefficient (Wildman–Crippen LogP) is 1.58. The van der Waals surface area contributed by atoms with Crippen molar-refractivity contribution in [1.82, 2.24) is 0 Å². The SMILES string of the molecule is CCC(C)SC1(CN)CC(=O)C1. The highest BCUT2D eigenvalue weighted by molar-refractivity contribution is 8.01. The number of hydrogen-bond acceptors (Lipinski definition) is 3. The third-order valence-corrected chi connectivity index (χ3v) is 4.13. The molecule has 0 radical (unpaired) electrons. The van der Waals surface area contributed by atoms with E-state index in [1.54, 1.807) is 0 Å². The van der Waals surface area contributed by atoms with E-state index < -0.39 is 0 Å². The second kappa shape index (κ2) is 3.79. The monoisotopic (exact) mass is 187 g/mol. The fourth-order valence-electron chi connectivity index (χ4n) is 1.45. The molecule has 0 aromatic rings. The topological polar surface area (TPSA) is 43.1 Å². The van der Waals surface area contributed by atoms with Crippen LogP contribution in [0, 0.1) is 0 Å². The lowest BCUT2D eigenvalue weighted by molar-refractivity contribution is -0.125. The Hall–Kier alpha value is -0.0200. The van der Waals surface area contributed by atoms with Crippen LogP contribution in [0.25, 0.3) is 0 Å². The molecule has 12 heavy (non-hydrogen) atoms. The van der Waals surface area contributed by atoms with Gasteiger partial charge in [-0.25, -0.2) is 0 Å². The van der Waals surface area contributed by atoms with Crippen LogP contribution in [0.4, 0.5) is 0 Å². The molecule has 0 bridgehead atoms. The highest BCUT2D eigenvalue weighted by Crippen LogP contribution is 2.43. The average molecular weight is 187 g/mol. The molecule has 70 valence electrons. The number of carbonyl (C=O) groups is 1. The molecule has 0 aromatic carbocycles. The van der Waals surface area contributed by atoms with Crippen LogP contribution >= 0.6 is 11.8 Å². The Kier molecular flexibility index (Phi) is 3.18. The molecule has 0 amide bonds. The summed E-state index contributed by atoms with van der Waals surface area (Å²) in [5.41, 5.74) is 5.66. The van der Waals surface area contributed by atoms with Crippen molar-refractivity contribution in [2.24, 2.45) is 5.73 Å². The van der Waals surface area contributed by atoms with Crippen molar-refractivity contribution in [3.63, 3.8) is 0 Å². The minimum Gasteiger partial charge on any atom is -0.329 e. The van der Waals surface area contributed by atoms with Gasteiger partial charge in [-0.3, -0.25) is 4.79 Å². The van der Waals surface area contributed by atoms with Crippen molar-refractivity contribution in [2.75, 3.05) is 6.54 Å². The molecule has 1 aliphatic carbocycles. The summed E-state index contributed by atoms with van der Waals surface area (Å²) in [5.74, 6) is 0.372. The van der Waals surface area contributed by atoms with Crippen molar-refractivity contribution in [1.29, 1.82) is 0 Å². The first-order valence-corrected chi connectivity index (χ1v) is 5.39. The van der Waals surface area contributed by atoms with Gasteiger partial charge in [-0.15, -0.1) is 11.8 Å². The molecule has 1 rings (SSSR count). The second-order valence-electron chi connectivity index (χ2n) is 3.62. The first kappa shape index (κ1) is 10.1. The molecule has 1 atom stereocenters. The first-order valence-electron chi connectivity index (χ1n) is 4.51. The summed E-state index contributed by atoms with van der Waals surface area (Å²) in [6.07, 6.45) is 2.54. The van der Waals surface area contributed by atoms with Crippen LogP contribution in [0.15, 0.2) is 0 Å². The van der Waals surface area contributed by atoms with E-state index in [9.17, 15) is 4.79 Å². The second-order valence-corrected chi connectivity index (χ2v) is 5.52. The van der Waals surface area contributed by atoms with Crippen LogP contribution in [0.3, 0.4) is 0 Å². The number of nitrogens with two attached hydrogens (primary N) is 1. The van der Waals surface area contributed by atoms with Crippen LogP contribution in [0.2, 0.25) is 0 Å². The van der Waals surface area contributed by atoms with Crippen molar-refractivity contribution >= 4 is 17.5 Å². The van der Waals surface area contributed by atoms with Crippen LogP contribution in [-0.4, -0.2) is 22.3 Å². The molecule has 1 unspecified atom stereocenters. The number of ketones is 1. The lowest BCUT2D eigenvalue weighted by Gasteiger charge is -2.40. The molecule has 0 saturated heterocycles. The smallest absolute Gasteiger partial charge is 0.135 e. The standard InChI is InChI=1S/C9H17NOS/c1-3-7(2)12-9(6-10)4-8(11)5-9/h7H,3-6,10H2,1-2H3. The third-order valence-electron chi connectivity index (χ3n) is 2.44. The van der Waals surface area contributed by atoms with Gasteiger partial charge in [0.25, 0.3) is 0 Å².